The van der Waals surface area contributed by atoms with E-state index in [9.17, 15) is 0 Å². The Bertz CT molecular complexity index is 520. The van der Waals surface area contributed by atoms with Crippen LogP contribution in [-0.2, 0) is 13.2 Å². The lowest BCUT2D eigenvalue weighted by atomic mass is 10.0. The van der Waals surface area contributed by atoms with Gasteiger partial charge in [0, 0.05) is 6.54 Å². The van der Waals surface area contributed by atoms with Gasteiger partial charge in [0.15, 0.2) is 0 Å². The van der Waals surface area contributed by atoms with Crippen LogP contribution < -0.4 is 10.5 Å². The summed E-state index contributed by atoms with van der Waals surface area (Å²) in [7, 11) is 0. The molecular formula is C17H21NO. The minimum absolute atomic E-state index is 0.477. The first kappa shape index (κ1) is 13.6. The van der Waals surface area contributed by atoms with E-state index in [0.29, 0.717) is 19.1 Å². The molecule has 0 amide bonds. The van der Waals surface area contributed by atoms with E-state index in [-0.39, 0.29) is 0 Å². The molecule has 19 heavy (non-hydrogen) atoms. The summed E-state index contributed by atoms with van der Waals surface area (Å²) in [6.07, 6.45) is 0. The zero-order chi connectivity index (χ0) is 13.7. The Balaban J connectivity index is 2.13. The summed E-state index contributed by atoms with van der Waals surface area (Å²) >= 11 is 0. The maximum Gasteiger partial charge on any atom is 0.120 e. The summed E-state index contributed by atoms with van der Waals surface area (Å²) < 4.78 is 5.87. The fraction of sp³-hybridized carbons (Fsp3) is 0.294. The van der Waals surface area contributed by atoms with Crippen molar-refractivity contribution in [3.05, 3.63) is 65.2 Å². The van der Waals surface area contributed by atoms with Crippen LogP contribution in [0.5, 0.6) is 5.75 Å². The molecule has 0 atom stereocenters. The minimum Gasteiger partial charge on any atom is -0.489 e. The van der Waals surface area contributed by atoms with Crippen LogP contribution in [0.2, 0.25) is 0 Å². The predicted octanol–water partition coefficient (Wildman–Crippen LogP) is 3.85. The van der Waals surface area contributed by atoms with E-state index >= 15 is 0 Å². The van der Waals surface area contributed by atoms with Crippen molar-refractivity contribution in [3.8, 4) is 5.75 Å². The molecule has 2 rings (SSSR count). The number of nitrogens with two attached hydrogens (primary N) is 1. The molecule has 2 N–H and O–H groups in total. The number of rotatable bonds is 5. The normalized spacial score (nSPS) is 10.7. The van der Waals surface area contributed by atoms with Gasteiger partial charge in [0.1, 0.15) is 12.4 Å². The zero-order valence-corrected chi connectivity index (χ0v) is 11.6. The van der Waals surface area contributed by atoms with Crippen molar-refractivity contribution < 1.29 is 4.74 Å². The Hall–Kier alpha value is -1.80. The van der Waals surface area contributed by atoms with Crippen molar-refractivity contribution in [3.63, 3.8) is 0 Å². The summed E-state index contributed by atoms with van der Waals surface area (Å²) in [5, 5.41) is 0. The summed E-state index contributed by atoms with van der Waals surface area (Å²) in [5.41, 5.74) is 9.30. The zero-order valence-electron chi connectivity index (χ0n) is 11.6. The molecule has 0 fully saturated rings. The fourth-order valence-corrected chi connectivity index (χ4v) is 1.96. The smallest absolute Gasteiger partial charge is 0.120 e. The SMILES string of the molecule is CC(C)c1cc(CN)cc(OCc2ccccc2)c1. The maximum absolute atomic E-state index is 5.87. The molecule has 100 valence electrons. The van der Waals surface area contributed by atoms with Crippen molar-refractivity contribution in [2.75, 3.05) is 0 Å². The van der Waals surface area contributed by atoms with Crippen LogP contribution in [0.3, 0.4) is 0 Å². The molecule has 0 aromatic heterocycles. The molecule has 0 radical (unpaired) electrons. The summed E-state index contributed by atoms with van der Waals surface area (Å²) in [6, 6.07) is 16.5. The Morgan fingerprint density at radius 2 is 1.74 bits per heavy atom. The van der Waals surface area contributed by atoms with Crippen LogP contribution >= 0.6 is 0 Å². The van der Waals surface area contributed by atoms with Crippen LogP contribution in [-0.4, -0.2) is 0 Å². The number of hydrogen-bond acceptors (Lipinski definition) is 2. The van der Waals surface area contributed by atoms with Crippen LogP contribution in [0.25, 0.3) is 0 Å². The Morgan fingerprint density at radius 1 is 1.00 bits per heavy atom. The number of hydrogen-bond donors (Lipinski definition) is 1. The van der Waals surface area contributed by atoms with Gasteiger partial charge in [-0.25, -0.2) is 0 Å². The Morgan fingerprint density at radius 3 is 2.37 bits per heavy atom. The lowest BCUT2D eigenvalue weighted by Crippen LogP contribution is -2.01. The highest BCUT2D eigenvalue weighted by Gasteiger charge is 2.05. The average molecular weight is 255 g/mol. The van der Waals surface area contributed by atoms with E-state index < -0.39 is 0 Å². The molecule has 0 aliphatic carbocycles. The lowest BCUT2D eigenvalue weighted by Gasteiger charge is -2.12. The monoisotopic (exact) mass is 255 g/mol. The average Bonchev–Trinajstić information content (AvgIpc) is 2.45. The topological polar surface area (TPSA) is 35.2 Å². The van der Waals surface area contributed by atoms with Gasteiger partial charge in [-0.2, -0.15) is 0 Å². The van der Waals surface area contributed by atoms with Gasteiger partial charge in [0.05, 0.1) is 0 Å². The third kappa shape index (κ3) is 3.83. The standard InChI is InChI=1S/C17H21NO/c1-13(2)16-8-15(11-18)9-17(10-16)19-12-14-6-4-3-5-7-14/h3-10,13H,11-12,18H2,1-2H3. The summed E-state index contributed by atoms with van der Waals surface area (Å²) in [4.78, 5) is 0. The van der Waals surface area contributed by atoms with Gasteiger partial charge in [-0.1, -0.05) is 50.2 Å². The van der Waals surface area contributed by atoms with E-state index in [0.717, 1.165) is 11.3 Å². The predicted molar refractivity (Wildman–Crippen MR) is 79.2 cm³/mol. The highest BCUT2D eigenvalue weighted by atomic mass is 16.5. The molecule has 0 aliphatic heterocycles. The van der Waals surface area contributed by atoms with Gasteiger partial charge in [-0.3, -0.25) is 0 Å². The van der Waals surface area contributed by atoms with E-state index in [2.05, 4.69) is 38.1 Å². The van der Waals surface area contributed by atoms with Gasteiger partial charge in [-0.15, -0.1) is 0 Å². The first-order valence-corrected chi connectivity index (χ1v) is 6.69. The molecule has 0 saturated heterocycles. The molecule has 2 aromatic rings. The van der Waals surface area contributed by atoms with Gasteiger partial charge in [-0.05, 0) is 34.7 Å². The van der Waals surface area contributed by atoms with Crippen molar-refractivity contribution >= 4 is 0 Å². The van der Waals surface area contributed by atoms with Crippen molar-refractivity contribution in [2.24, 2.45) is 5.73 Å². The van der Waals surface area contributed by atoms with E-state index in [1.165, 1.54) is 11.1 Å². The Kier molecular flexibility index (Phi) is 4.58. The van der Waals surface area contributed by atoms with Crippen LogP contribution in [0.1, 0.15) is 36.5 Å². The molecule has 0 aliphatic rings. The molecule has 2 nitrogen and oxygen atoms in total. The van der Waals surface area contributed by atoms with Crippen LogP contribution in [0.4, 0.5) is 0 Å². The Labute approximate surface area is 115 Å². The largest absolute Gasteiger partial charge is 0.489 e. The maximum atomic E-state index is 5.87. The van der Waals surface area contributed by atoms with Crippen molar-refractivity contribution in [1.29, 1.82) is 0 Å². The second-order valence-electron chi connectivity index (χ2n) is 5.04. The molecule has 0 bridgehead atoms. The second-order valence-corrected chi connectivity index (χ2v) is 5.04. The van der Waals surface area contributed by atoms with E-state index in [1.54, 1.807) is 0 Å². The molecular weight excluding hydrogens is 234 g/mol. The van der Waals surface area contributed by atoms with Gasteiger partial charge in [0.25, 0.3) is 0 Å². The fourth-order valence-electron chi connectivity index (χ4n) is 1.96. The van der Waals surface area contributed by atoms with Gasteiger partial charge in [0.2, 0.25) is 0 Å². The molecule has 0 spiro atoms. The molecule has 0 heterocycles. The molecule has 2 heteroatoms. The van der Waals surface area contributed by atoms with Crippen LogP contribution in [0.15, 0.2) is 48.5 Å². The number of benzene rings is 2. The van der Waals surface area contributed by atoms with E-state index in [4.69, 9.17) is 10.5 Å². The molecule has 2 aromatic carbocycles. The highest BCUT2D eigenvalue weighted by molar-refractivity contribution is 5.36. The minimum atomic E-state index is 0.477. The molecule has 0 saturated carbocycles. The summed E-state index contributed by atoms with van der Waals surface area (Å²) in [5.74, 6) is 1.38. The summed E-state index contributed by atoms with van der Waals surface area (Å²) in [6.45, 7) is 5.49. The second kappa shape index (κ2) is 6.39. The molecule has 0 unspecified atom stereocenters. The highest BCUT2D eigenvalue weighted by Crippen LogP contribution is 2.23. The number of ether oxygens (including phenoxy) is 1. The quantitative estimate of drug-likeness (QED) is 0.880. The van der Waals surface area contributed by atoms with Gasteiger partial charge >= 0.3 is 0 Å². The first-order valence-electron chi connectivity index (χ1n) is 6.69. The van der Waals surface area contributed by atoms with Crippen molar-refractivity contribution in [1.82, 2.24) is 0 Å². The van der Waals surface area contributed by atoms with Crippen LogP contribution in [0, 0.1) is 0 Å². The first-order chi connectivity index (χ1) is 9.19. The van der Waals surface area contributed by atoms with Crippen molar-refractivity contribution in [2.45, 2.75) is 32.9 Å². The lowest BCUT2D eigenvalue weighted by molar-refractivity contribution is 0.305. The third-order valence-corrected chi connectivity index (χ3v) is 3.14. The third-order valence-electron chi connectivity index (χ3n) is 3.14. The van der Waals surface area contributed by atoms with E-state index in [1.807, 2.05) is 24.3 Å². The van der Waals surface area contributed by atoms with Gasteiger partial charge < -0.3 is 10.5 Å².